The highest BCUT2D eigenvalue weighted by Gasteiger charge is 2.30. The van der Waals surface area contributed by atoms with E-state index in [-0.39, 0.29) is 42.6 Å². The highest BCUT2D eigenvalue weighted by atomic mass is 16.5. The van der Waals surface area contributed by atoms with Gasteiger partial charge in [0.1, 0.15) is 0 Å². The molecule has 164 valence electrons. The van der Waals surface area contributed by atoms with Gasteiger partial charge in [-0.2, -0.15) is 0 Å². The van der Waals surface area contributed by atoms with Crippen molar-refractivity contribution >= 4 is 29.3 Å². The maximum atomic E-state index is 12.6. The van der Waals surface area contributed by atoms with Gasteiger partial charge in [-0.3, -0.25) is 19.3 Å². The van der Waals surface area contributed by atoms with E-state index in [1.165, 1.54) is 24.3 Å². The molecule has 3 rings (SSSR count). The van der Waals surface area contributed by atoms with Crippen LogP contribution in [0.2, 0.25) is 0 Å². The molecule has 0 bridgehead atoms. The summed E-state index contributed by atoms with van der Waals surface area (Å²) < 4.78 is 7.33. The summed E-state index contributed by atoms with van der Waals surface area (Å²) in [6.07, 6.45) is 1.41. The van der Waals surface area contributed by atoms with Gasteiger partial charge >= 0.3 is 5.97 Å². The summed E-state index contributed by atoms with van der Waals surface area (Å²) in [6.45, 7) is 8.69. The van der Waals surface area contributed by atoms with Gasteiger partial charge in [-0.25, -0.2) is 4.79 Å². The molecule has 2 heterocycles. The molecule has 0 N–H and O–H groups in total. The quantitative estimate of drug-likeness (QED) is 0.365. The number of ketones is 1. The van der Waals surface area contributed by atoms with E-state index in [1.807, 2.05) is 19.9 Å². The van der Waals surface area contributed by atoms with Gasteiger partial charge in [0.05, 0.1) is 11.3 Å². The van der Waals surface area contributed by atoms with Crippen molar-refractivity contribution in [2.24, 2.45) is 5.92 Å². The van der Waals surface area contributed by atoms with E-state index in [0.29, 0.717) is 17.2 Å². The first-order valence-corrected chi connectivity index (χ1v) is 10.5. The van der Waals surface area contributed by atoms with E-state index in [2.05, 4.69) is 18.4 Å². The van der Waals surface area contributed by atoms with Crippen LogP contribution in [0.5, 0.6) is 0 Å². The fourth-order valence-electron chi connectivity index (χ4n) is 3.72. The van der Waals surface area contributed by atoms with Crippen molar-refractivity contribution in [3.05, 3.63) is 52.8 Å². The maximum Gasteiger partial charge on any atom is 0.338 e. The molecule has 0 spiro atoms. The highest BCUT2D eigenvalue weighted by Crippen LogP contribution is 2.23. The molecular weight excluding hydrogens is 396 g/mol. The van der Waals surface area contributed by atoms with Crippen LogP contribution < -0.4 is 4.90 Å². The third-order valence-electron chi connectivity index (χ3n) is 5.55. The second-order valence-corrected chi connectivity index (χ2v) is 8.29. The summed E-state index contributed by atoms with van der Waals surface area (Å²) in [6, 6.07) is 7.87. The number of hydrogen-bond acceptors (Lipinski definition) is 5. The van der Waals surface area contributed by atoms with Gasteiger partial charge in [0.25, 0.3) is 0 Å². The molecule has 1 fully saturated rings. The number of ether oxygens (including phenoxy) is 1. The van der Waals surface area contributed by atoms with Gasteiger partial charge in [-0.15, -0.1) is 0 Å². The largest absolute Gasteiger partial charge is 0.454 e. The number of rotatable bonds is 8. The average Bonchev–Trinajstić information content (AvgIpc) is 3.22. The SMILES string of the molecule is Cc1cc(C(=O)COC(=O)c2ccc(N3C(=O)CCC3=O)cc2)c(C)n1CCC(C)C. The molecule has 7 nitrogen and oxygen atoms in total. The minimum absolute atomic E-state index is 0.197. The number of Topliss-reactive ketones (excluding diaryl/α,β-unsaturated/α-hetero) is 1. The number of anilines is 1. The van der Waals surface area contributed by atoms with Crippen LogP contribution in [0.25, 0.3) is 0 Å². The maximum absolute atomic E-state index is 12.6. The molecule has 1 aromatic carbocycles. The monoisotopic (exact) mass is 424 g/mol. The van der Waals surface area contributed by atoms with Crippen LogP contribution in [-0.4, -0.2) is 34.7 Å². The van der Waals surface area contributed by atoms with Gasteiger partial charge in [0.2, 0.25) is 17.6 Å². The van der Waals surface area contributed by atoms with Crippen LogP contribution in [0.15, 0.2) is 30.3 Å². The predicted octanol–water partition coefficient (Wildman–Crippen LogP) is 3.84. The minimum atomic E-state index is -0.632. The number of esters is 1. The number of carbonyl (C=O) groups excluding carboxylic acids is 4. The zero-order valence-corrected chi connectivity index (χ0v) is 18.4. The number of benzene rings is 1. The molecule has 31 heavy (non-hydrogen) atoms. The first-order chi connectivity index (χ1) is 14.7. The van der Waals surface area contributed by atoms with E-state index in [1.54, 1.807) is 0 Å². The molecular formula is C24H28N2O5. The summed E-state index contributed by atoms with van der Waals surface area (Å²) in [4.78, 5) is 49.7. The lowest BCUT2D eigenvalue weighted by Crippen LogP contribution is -2.28. The van der Waals surface area contributed by atoms with E-state index in [0.717, 1.165) is 29.3 Å². The molecule has 1 aromatic heterocycles. The summed E-state index contributed by atoms with van der Waals surface area (Å²) in [5.74, 6) is -0.821. The fourth-order valence-corrected chi connectivity index (χ4v) is 3.72. The second kappa shape index (κ2) is 9.29. The summed E-state index contributed by atoms with van der Waals surface area (Å²) in [5.41, 5.74) is 3.13. The van der Waals surface area contributed by atoms with Crippen LogP contribution in [0.3, 0.4) is 0 Å². The number of aryl methyl sites for hydroxylation is 1. The Morgan fingerprint density at radius 3 is 2.23 bits per heavy atom. The Hall–Kier alpha value is -3.22. The molecule has 0 aliphatic carbocycles. The topological polar surface area (TPSA) is 85.7 Å². The third kappa shape index (κ3) is 4.93. The van der Waals surface area contributed by atoms with Gasteiger partial charge in [-0.05, 0) is 56.5 Å². The molecule has 0 atom stereocenters. The zero-order valence-electron chi connectivity index (χ0n) is 18.4. The Bertz CT molecular complexity index is 1000. The van der Waals surface area contributed by atoms with Crippen LogP contribution >= 0.6 is 0 Å². The van der Waals surface area contributed by atoms with E-state index >= 15 is 0 Å². The van der Waals surface area contributed by atoms with E-state index in [4.69, 9.17) is 4.74 Å². The smallest absolute Gasteiger partial charge is 0.338 e. The van der Waals surface area contributed by atoms with Crippen LogP contribution in [0.1, 0.15) is 65.2 Å². The Morgan fingerprint density at radius 1 is 1.03 bits per heavy atom. The average molecular weight is 424 g/mol. The number of carbonyl (C=O) groups is 4. The van der Waals surface area contributed by atoms with Crippen molar-refractivity contribution in [2.75, 3.05) is 11.5 Å². The lowest BCUT2D eigenvalue weighted by Gasteiger charge is -2.14. The third-order valence-corrected chi connectivity index (χ3v) is 5.55. The lowest BCUT2D eigenvalue weighted by molar-refractivity contribution is -0.121. The second-order valence-electron chi connectivity index (χ2n) is 8.29. The molecule has 1 aliphatic rings. The Morgan fingerprint density at radius 2 is 1.65 bits per heavy atom. The standard InChI is InChI=1S/C24H28N2O5/c1-15(2)11-12-25-16(3)13-20(17(25)4)21(27)14-31-24(30)18-5-7-19(8-6-18)26-22(28)9-10-23(26)29/h5-8,13,15H,9-12,14H2,1-4H3. The van der Waals surface area contributed by atoms with Crippen molar-refractivity contribution in [3.63, 3.8) is 0 Å². The Balaban J connectivity index is 1.62. The van der Waals surface area contributed by atoms with Gasteiger partial charge in [0.15, 0.2) is 6.61 Å². The summed E-state index contributed by atoms with van der Waals surface area (Å²) in [5, 5.41) is 0. The molecule has 0 radical (unpaired) electrons. The van der Waals surface area contributed by atoms with Crippen molar-refractivity contribution in [1.82, 2.24) is 4.57 Å². The minimum Gasteiger partial charge on any atom is -0.454 e. The highest BCUT2D eigenvalue weighted by molar-refractivity contribution is 6.19. The first-order valence-electron chi connectivity index (χ1n) is 10.5. The predicted molar refractivity (Wildman–Crippen MR) is 116 cm³/mol. The number of hydrogen-bond donors (Lipinski definition) is 0. The van der Waals surface area contributed by atoms with Crippen LogP contribution in [-0.2, 0) is 20.9 Å². The van der Waals surface area contributed by atoms with Crippen molar-refractivity contribution in [3.8, 4) is 0 Å². The first kappa shape index (κ1) is 22.5. The molecule has 1 saturated heterocycles. The number of imide groups is 1. The van der Waals surface area contributed by atoms with E-state index in [9.17, 15) is 19.2 Å². The zero-order chi connectivity index (χ0) is 22.7. The molecule has 0 unspecified atom stereocenters. The molecule has 0 saturated carbocycles. The molecule has 2 amide bonds. The molecule has 7 heteroatoms. The van der Waals surface area contributed by atoms with Crippen molar-refractivity contribution in [1.29, 1.82) is 0 Å². The van der Waals surface area contributed by atoms with Crippen LogP contribution in [0.4, 0.5) is 5.69 Å². The molecule has 1 aliphatic heterocycles. The van der Waals surface area contributed by atoms with Crippen LogP contribution in [0, 0.1) is 19.8 Å². The van der Waals surface area contributed by atoms with Crippen molar-refractivity contribution < 1.29 is 23.9 Å². The number of amides is 2. The number of aromatic nitrogens is 1. The summed E-state index contributed by atoms with van der Waals surface area (Å²) >= 11 is 0. The van der Waals surface area contributed by atoms with E-state index < -0.39 is 5.97 Å². The number of nitrogens with zero attached hydrogens (tertiary/aromatic N) is 2. The fraction of sp³-hybridized carbons (Fsp3) is 0.417. The Labute approximate surface area is 182 Å². The normalized spacial score (nSPS) is 13.9. The summed E-state index contributed by atoms with van der Waals surface area (Å²) in [7, 11) is 0. The van der Waals surface area contributed by atoms with Crippen molar-refractivity contribution in [2.45, 2.75) is 53.5 Å². The van der Waals surface area contributed by atoms with Gasteiger partial charge in [0, 0.05) is 36.3 Å². The van der Waals surface area contributed by atoms with Gasteiger partial charge < -0.3 is 9.30 Å². The molecule has 2 aromatic rings. The van der Waals surface area contributed by atoms with Gasteiger partial charge in [-0.1, -0.05) is 13.8 Å². The Kier molecular flexibility index (Phi) is 6.73. The lowest BCUT2D eigenvalue weighted by atomic mass is 10.1.